The molecule has 102 valence electrons. The molecule has 0 aliphatic carbocycles. The van der Waals surface area contributed by atoms with Crippen molar-refractivity contribution in [2.75, 3.05) is 29.9 Å². The third-order valence-electron chi connectivity index (χ3n) is 2.77. The number of aromatic carboxylic acids is 1. The van der Waals surface area contributed by atoms with E-state index in [4.69, 9.17) is 5.11 Å². The number of hydrogen-bond donors (Lipinski definition) is 2. The minimum Gasteiger partial charge on any atom is -0.478 e. The number of hydrogen-bond acceptors (Lipinski definition) is 3. The Morgan fingerprint density at radius 3 is 2.63 bits per heavy atom. The molecule has 1 fully saturated rings. The van der Waals surface area contributed by atoms with Gasteiger partial charge in [-0.15, -0.1) is 0 Å². The summed E-state index contributed by atoms with van der Waals surface area (Å²) < 4.78 is 13.6. The van der Waals surface area contributed by atoms with E-state index in [1.165, 1.54) is 12.1 Å². The van der Waals surface area contributed by atoms with E-state index in [1.807, 2.05) is 0 Å². The van der Waals surface area contributed by atoms with Crippen molar-refractivity contribution in [3.05, 3.63) is 29.6 Å². The summed E-state index contributed by atoms with van der Waals surface area (Å²) in [7, 11) is 0. The lowest BCUT2D eigenvalue weighted by atomic mass is 10.1. The predicted molar refractivity (Wildman–Crippen MR) is 71.3 cm³/mol. The topological polar surface area (TPSA) is 69.6 Å². The van der Waals surface area contributed by atoms with Crippen LogP contribution in [-0.4, -0.2) is 46.6 Å². The summed E-state index contributed by atoms with van der Waals surface area (Å²) in [5.74, 6) is -0.365. The Balaban J connectivity index is 2.18. The third kappa shape index (κ3) is 3.17. The van der Waals surface area contributed by atoms with E-state index in [0.29, 0.717) is 13.1 Å². The Kier molecular flexibility index (Phi) is 4.26. The standard InChI is InChI=1S/C12H13FN2O3S/c13-9-3-1-2-8(11(16)17)10(9)14-12(18)15-4-6-19-7-5-15/h1-3H,4-7H2,(H,14,18)(H,16,17). The average Bonchev–Trinajstić information content (AvgIpc) is 2.41. The van der Waals surface area contributed by atoms with Gasteiger partial charge in [0, 0.05) is 24.6 Å². The number of nitrogens with zero attached hydrogens (tertiary/aromatic N) is 1. The van der Waals surface area contributed by atoms with Crippen LogP contribution in [0.15, 0.2) is 18.2 Å². The van der Waals surface area contributed by atoms with Crippen LogP contribution >= 0.6 is 11.8 Å². The number of thioether (sulfide) groups is 1. The van der Waals surface area contributed by atoms with Crippen molar-refractivity contribution >= 4 is 29.4 Å². The van der Waals surface area contributed by atoms with Crippen LogP contribution in [0.25, 0.3) is 0 Å². The number of carbonyl (C=O) groups is 2. The van der Waals surface area contributed by atoms with Gasteiger partial charge in [0.2, 0.25) is 0 Å². The summed E-state index contributed by atoms with van der Waals surface area (Å²) in [5.41, 5.74) is -0.530. The van der Waals surface area contributed by atoms with Crippen LogP contribution in [0, 0.1) is 5.82 Å². The number of carboxylic acids is 1. The average molecular weight is 284 g/mol. The van der Waals surface area contributed by atoms with Gasteiger partial charge >= 0.3 is 12.0 Å². The minimum atomic E-state index is -1.27. The second-order valence-electron chi connectivity index (χ2n) is 4.00. The van der Waals surface area contributed by atoms with Gasteiger partial charge in [0.25, 0.3) is 0 Å². The molecule has 0 saturated carbocycles. The fourth-order valence-corrected chi connectivity index (χ4v) is 2.68. The van der Waals surface area contributed by atoms with E-state index >= 15 is 0 Å². The minimum absolute atomic E-state index is 0.250. The second kappa shape index (κ2) is 5.92. The lowest BCUT2D eigenvalue weighted by Crippen LogP contribution is -2.41. The van der Waals surface area contributed by atoms with Crippen molar-refractivity contribution < 1.29 is 19.1 Å². The Bertz CT molecular complexity index is 504. The van der Waals surface area contributed by atoms with Crippen LogP contribution in [0.2, 0.25) is 0 Å². The van der Waals surface area contributed by atoms with Gasteiger partial charge in [-0.3, -0.25) is 0 Å². The first kappa shape index (κ1) is 13.7. The molecule has 1 saturated heterocycles. The maximum atomic E-state index is 13.6. The molecule has 2 rings (SSSR count). The van der Waals surface area contributed by atoms with Crippen LogP contribution in [0.4, 0.5) is 14.9 Å². The van der Waals surface area contributed by atoms with Crippen molar-refractivity contribution in [3.63, 3.8) is 0 Å². The van der Waals surface area contributed by atoms with Crippen molar-refractivity contribution in [2.45, 2.75) is 0 Å². The number of amides is 2. The van der Waals surface area contributed by atoms with Gasteiger partial charge in [-0.25, -0.2) is 14.0 Å². The smallest absolute Gasteiger partial charge is 0.337 e. The molecule has 7 heteroatoms. The van der Waals surface area contributed by atoms with Gasteiger partial charge in [-0.05, 0) is 12.1 Å². The molecular weight excluding hydrogens is 271 g/mol. The van der Waals surface area contributed by atoms with E-state index < -0.39 is 17.8 Å². The molecule has 0 atom stereocenters. The molecule has 0 spiro atoms. The van der Waals surface area contributed by atoms with Gasteiger partial charge in [0.05, 0.1) is 11.3 Å². The quantitative estimate of drug-likeness (QED) is 0.872. The van der Waals surface area contributed by atoms with Crippen molar-refractivity contribution in [2.24, 2.45) is 0 Å². The van der Waals surface area contributed by atoms with Crippen LogP contribution in [0.5, 0.6) is 0 Å². The number of para-hydroxylation sites is 1. The van der Waals surface area contributed by atoms with Gasteiger partial charge in [0.1, 0.15) is 5.82 Å². The zero-order chi connectivity index (χ0) is 13.8. The Morgan fingerprint density at radius 2 is 2.00 bits per heavy atom. The van der Waals surface area contributed by atoms with E-state index in [-0.39, 0.29) is 11.3 Å². The molecule has 5 nitrogen and oxygen atoms in total. The highest BCUT2D eigenvalue weighted by molar-refractivity contribution is 7.99. The highest BCUT2D eigenvalue weighted by Crippen LogP contribution is 2.21. The second-order valence-corrected chi connectivity index (χ2v) is 5.22. The van der Waals surface area contributed by atoms with Crippen LogP contribution < -0.4 is 5.32 Å². The van der Waals surface area contributed by atoms with Crippen LogP contribution in [-0.2, 0) is 0 Å². The van der Waals surface area contributed by atoms with E-state index in [0.717, 1.165) is 17.6 Å². The van der Waals surface area contributed by atoms with Crippen molar-refractivity contribution in [1.29, 1.82) is 0 Å². The molecule has 0 unspecified atom stereocenters. The first-order chi connectivity index (χ1) is 9.09. The first-order valence-electron chi connectivity index (χ1n) is 5.75. The largest absolute Gasteiger partial charge is 0.478 e. The lowest BCUT2D eigenvalue weighted by molar-refractivity contribution is 0.0697. The predicted octanol–water partition coefficient (Wildman–Crippen LogP) is 2.10. The van der Waals surface area contributed by atoms with Gasteiger partial charge in [-0.2, -0.15) is 11.8 Å². The highest BCUT2D eigenvalue weighted by atomic mass is 32.2. The van der Waals surface area contributed by atoms with Gasteiger partial charge in [0.15, 0.2) is 0 Å². The first-order valence-corrected chi connectivity index (χ1v) is 6.90. The normalized spacial score (nSPS) is 15.1. The molecule has 2 N–H and O–H groups in total. The Morgan fingerprint density at radius 1 is 1.32 bits per heavy atom. The van der Waals surface area contributed by atoms with E-state index in [9.17, 15) is 14.0 Å². The molecule has 0 aromatic heterocycles. The van der Waals surface area contributed by atoms with Crippen molar-refractivity contribution in [1.82, 2.24) is 4.90 Å². The zero-order valence-corrected chi connectivity index (χ0v) is 10.9. The molecule has 1 aromatic carbocycles. The number of rotatable bonds is 2. The maximum Gasteiger partial charge on any atom is 0.337 e. The number of urea groups is 1. The summed E-state index contributed by atoms with van der Waals surface area (Å²) in [6.45, 7) is 1.15. The monoisotopic (exact) mass is 284 g/mol. The molecule has 1 aliphatic rings. The number of carbonyl (C=O) groups excluding carboxylic acids is 1. The van der Waals surface area contributed by atoms with Gasteiger partial charge in [-0.1, -0.05) is 6.07 Å². The number of halogens is 1. The molecule has 19 heavy (non-hydrogen) atoms. The summed E-state index contributed by atoms with van der Waals surface area (Å²) in [6.07, 6.45) is 0. The molecule has 1 heterocycles. The molecule has 0 radical (unpaired) electrons. The number of carboxylic acid groups (broad SMARTS) is 1. The molecule has 1 aromatic rings. The summed E-state index contributed by atoms with van der Waals surface area (Å²) >= 11 is 1.74. The summed E-state index contributed by atoms with van der Waals surface area (Å²) in [6, 6.07) is 3.21. The number of nitrogens with one attached hydrogen (secondary N) is 1. The summed E-state index contributed by atoms with van der Waals surface area (Å²) in [4.78, 5) is 24.5. The van der Waals surface area contributed by atoms with Gasteiger partial charge < -0.3 is 15.3 Å². The van der Waals surface area contributed by atoms with Crippen LogP contribution in [0.1, 0.15) is 10.4 Å². The Labute approximate surface area is 113 Å². The fraction of sp³-hybridized carbons (Fsp3) is 0.333. The third-order valence-corrected chi connectivity index (χ3v) is 3.72. The SMILES string of the molecule is O=C(O)c1cccc(F)c1NC(=O)N1CCSCC1. The van der Waals surface area contributed by atoms with Crippen molar-refractivity contribution in [3.8, 4) is 0 Å². The zero-order valence-electron chi connectivity index (χ0n) is 10.1. The van der Waals surface area contributed by atoms with Crippen LogP contribution in [0.3, 0.4) is 0 Å². The molecule has 0 bridgehead atoms. The molecule has 2 amide bonds. The number of anilines is 1. The highest BCUT2D eigenvalue weighted by Gasteiger charge is 2.21. The maximum absolute atomic E-state index is 13.6. The Hall–Kier alpha value is -1.76. The number of benzene rings is 1. The van der Waals surface area contributed by atoms with E-state index in [2.05, 4.69) is 5.32 Å². The lowest BCUT2D eigenvalue weighted by Gasteiger charge is -2.26. The fourth-order valence-electron chi connectivity index (χ4n) is 1.78. The molecule has 1 aliphatic heterocycles. The van der Waals surface area contributed by atoms with E-state index in [1.54, 1.807) is 16.7 Å². The summed E-state index contributed by atoms with van der Waals surface area (Å²) in [5, 5.41) is 11.3. The molecular formula is C12H13FN2O3S.